The summed E-state index contributed by atoms with van der Waals surface area (Å²) in [6.07, 6.45) is 2.63. The van der Waals surface area contributed by atoms with Crippen LogP contribution in [0.25, 0.3) is 0 Å². The smallest absolute Gasteiger partial charge is 0.134 e. The third kappa shape index (κ3) is 2.04. The van der Waals surface area contributed by atoms with Gasteiger partial charge in [-0.3, -0.25) is 4.68 Å². The van der Waals surface area contributed by atoms with Gasteiger partial charge in [-0.05, 0) is 32.6 Å². The highest BCUT2D eigenvalue weighted by Crippen LogP contribution is 2.34. The number of rotatable bonds is 4. The van der Waals surface area contributed by atoms with Crippen LogP contribution in [-0.2, 0) is 7.05 Å². The van der Waals surface area contributed by atoms with Gasteiger partial charge < -0.3 is 11.1 Å². The lowest BCUT2D eigenvalue weighted by atomic mass is 10.2. The SMILES string of the molecule is Cc1nn(C)c(NC(C)C2CC2)c1C(N)=S. The van der Waals surface area contributed by atoms with Gasteiger partial charge >= 0.3 is 0 Å². The molecule has 0 amide bonds. The summed E-state index contributed by atoms with van der Waals surface area (Å²) in [7, 11) is 1.91. The largest absolute Gasteiger partial charge is 0.389 e. The van der Waals surface area contributed by atoms with E-state index in [1.807, 2.05) is 18.7 Å². The number of hydrogen-bond acceptors (Lipinski definition) is 3. The van der Waals surface area contributed by atoms with Crippen molar-refractivity contribution < 1.29 is 0 Å². The molecule has 1 aliphatic rings. The van der Waals surface area contributed by atoms with Crippen molar-refractivity contribution in [3.05, 3.63) is 11.3 Å². The number of hydrogen-bond donors (Lipinski definition) is 2. The fourth-order valence-corrected chi connectivity index (χ4v) is 2.29. The highest BCUT2D eigenvalue weighted by molar-refractivity contribution is 7.80. The summed E-state index contributed by atoms with van der Waals surface area (Å²) in [5.74, 6) is 1.74. The molecule has 1 aliphatic carbocycles. The molecule has 88 valence electrons. The third-order valence-electron chi connectivity index (χ3n) is 3.16. The zero-order valence-corrected chi connectivity index (χ0v) is 10.8. The monoisotopic (exact) mass is 238 g/mol. The van der Waals surface area contributed by atoms with E-state index in [0.29, 0.717) is 11.0 Å². The fraction of sp³-hybridized carbons (Fsp3) is 0.636. The fourth-order valence-electron chi connectivity index (χ4n) is 2.05. The summed E-state index contributed by atoms with van der Waals surface area (Å²) in [5.41, 5.74) is 7.50. The molecule has 1 fully saturated rings. The first-order chi connectivity index (χ1) is 7.50. The lowest BCUT2D eigenvalue weighted by Gasteiger charge is -2.15. The first kappa shape index (κ1) is 11.4. The van der Waals surface area contributed by atoms with E-state index in [0.717, 1.165) is 23.0 Å². The van der Waals surface area contributed by atoms with Crippen molar-refractivity contribution in [1.29, 1.82) is 0 Å². The Bertz CT molecular complexity index is 420. The van der Waals surface area contributed by atoms with Gasteiger partial charge in [-0.2, -0.15) is 5.10 Å². The minimum absolute atomic E-state index is 0.413. The second kappa shape index (κ2) is 4.05. The Morgan fingerprint density at radius 3 is 2.75 bits per heavy atom. The Morgan fingerprint density at radius 2 is 2.25 bits per heavy atom. The van der Waals surface area contributed by atoms with Crippen LogP contribution in [0.4, 0.5) is 5.82 Å². The minimum atomic E-state index is 0.413. The molecule has 1 aromatic heterocycles. The Hall–Kier alpha value is -1.10. The summed E-state index contributed by atoms with van der Waals surface area (Å²) in [5, 5.41) is 7.83. The molecular formula is C11H18N4S. The minimum Gasteiger partial charge on any atom is -0.389 e. The van der Waals surface area contributed by atoms with Crippen LogP contribution in [0.2, 0.25) is 0 Å². The Balaban J connectivity index is 2.27. The number of aromatic nitrogens is 2. The van der Waals surface area contributed by atoms with Crippen LogP contribution in [0.1, 0.15) is 31.0 Å². The van der Waals surface area contributed by atoms with E-state index in [2.05, 4.69) is 17.3 Å². The van der Waals surface area contributed by atoms with Crippen molar-refractivity contribution in [3.63, 3.8) is 0 Å². The standard InChI is InChI=1S/C11H18N4S/c1-6(8-4-5-8)13-11-9(10(12)16)7(2)14-15(11)3/h6,8,13H,4-5H2,1-3H3,(H2,12,16). The van der Waals surface area contributed by atoms with Gasteiger partial charge in [0.25, 0.3) is 0 Å². The van der Waals surface area contributed by atoms with Crippen LogP contribution in [0.15, 0.2) is 0 Å². The summed E-state index contributed by atoms with van der Waals surface area (Å²) in [4.78, 5) is 0.413. The predicted octanol–water partition coefficient (Wildman–Crippen LogP) is 1.57. The second-order valence-corrected chi connectivity index (χ2v) is 5.01. The van der Waals surface area contributed by atoms with Crippen molar-refractivity contribution in [1.82, 2.24) is 9.78 Å². The van der Waals surface area contributed by atoms with Gasteiger partial charge in [0.1, 0.15) is 10.8 Å². The molecule has 5 heteroatoms. The van der Waals surface area contributed by atoms with Gasteiger partial charge in [0.05, 0.1) is 11.3 Å². The van der Waals surface area contributed by atoms with Gasteiger partial charge in [-0.1, -0.05) is 12.2 Å². The average Bonchev–Trinajstić information content (AvgIpc) is 2.95. The van der Waals surface area contributed by atoms with Gasteiger partial charge in [-0.25, -0.2) is 0 Å². The van der Waals surface area contributed by atoms with E-state index in [-0.39, 0.29) is 0 Å². The van der Waals surface area contributed by atoms with Crippen LogP contribution >= 0.6 is 12.2 Å². The van der Waals surface area contributed by atoms with Crippen LogP contribution in [0.3, 0.4) is 0 Å². The molecule has 0 aliphatic heterocycles. The number of nitrogens with one attached hydrogen (secondary N) is 1. The molecule has 1 unspecified atom stereocenters. The number of anilines is 1. The van der Waals surface area contributed by atoms with Crippen molar-refractivity contribution in [2.24, 2.45) is 18.7 Å². The normalized spacial score (nSPS) is 17.2. The quantitative estimate of drug-likeness (QED) is 0.782. The zero-order chi connectivity index (χ0) is 11.9. The van der Waals surface area contributed by atoms with E-state index in [9.17, 15) is 0 Å². The van der Waals surface area contributed by atoms with Crippen molar-refractivity contribution in [3.8, 4) is 0 Å². The molecule has 0 radical (unpaired) electrons. The summed E-state index contributed by atoms with van der Waals surface area (Å²) >= 11 is 5.07. The molecule has 0 aromatic carbocycles. The first-order valence-electron chi connectivity index (χ1n) is 5.60. The molecule has 0 bridgehead atoms. The number of nitrogens with zero attached hydrogens (tertiary/aromatic N) is 2. The Morgan fingerprint density at radius 1 is 1.62 bits per heavy atom. The number of thiocarbonyl (C=S) groups is 1. The molecule has 0 saturated heterocycles. The van der Waals surface area contributed by atoms with Crippen molar-refractivity contribution in [2.75, 3.05) is 5.32 Å². The van der Waals surface area contributed by atoms with Gasteiger partial charge in [0.15, 0.2) is 0 Å². The Kier molecular flexibility index (Phi) is 2.88. The molecule has 16 heavy (non-hydrogen) atoms. The lowest BCUT2D eigenvalue weighted by Crippen LogP contribution is -2.22. The van der Waals surface area contributed by atoms with E-state index < -0.39 is 0 Å². The molecule has 1 heterocycles. The lowest BCUT2D eigenvalue weighted by molar-refractivity contribution is 0.670. The molecule has 0 spiro atoms. The van der Waals surface area contributed by atoms with Crippen LogP contribution in [-0.4, -0.2) is 20.8 Å². The van der Waals surface area contributed by atoms with Gasteiger partial charge in [0, 0.05) is 13.1 Å². The molecular weight excluding hydrogens is 220 g/mol. The first-order valence-corrected chi connectivity index (χ1v) is 6.01. The number of aryl methyl sites for hydroxylation is 2. The second-order valence-electron chi connectivity index (χ2n) is 4.57. The van der Waals surface area contributed by atoms with Crippen LogP contribution < -0.4 is 11.1 Å². The number of nitrogens with two attached hydrogens (primary N) is 1. The third-order valence-corrected chi connectivity index (χ3v) is 3.37. The van der Waals surface area contributed by atoms with E-state index >= 15 is 0 Å². The molecule has 1 atom stereocenters. The van der Waals surface area contributed by atoms with Crippen LogP contribution in [0, 0.1) is 12.8 Å². The predicted molar refractivity (Wildman–Crippen MR) is 69.6 cm³/mol. The maximum absolute atomic E-state index is 5.73. The summed E-state index contributed by atoms with van der Waals surface area (Å²) in [6.45, 7) is 4.13. The van der Waals surface area contributed by atoms with Gasteiger partial charge in [0.2, 0.25) is 0 Å². The molecule has 1 aromatic rings. The highest BCUT2D eigenvalue weighted by atomic mass is 32.1. The molecule has 1 saturated carbocycles. The van der Waals surface area contributed by atoms with E-state index in [1.165, 1.54) is 12.8 Å². The summed E-state index contributed by atoms with van der Waals surface area (Å²) in [6, 6.07) is 0.461. The van der Waals surface area contributed by atoms with Crippen molar-refractivity contribution >= 4 is 23.0 Å². The maximum Gasteiger partial charge on any atom is 0.134 e. The van der Waals surface area contributed by atoms with E-state index in [1.54, 1.807) is 0 Å². The molecule has 2 rings (SSSR count). The molecule has 3 N–H and O–H groups in total. The van der Waals surface area contributed by atoms with Crippen LogP contribution in [0.5, 0.6) is 0 Å². The maximum atomic E-state index is 5.73. The average molecular weight is 238 g/mol. The Labute approximate surface area is 101 Å². The van der Waals surface area contributed by atoms with Gasteiger partial charge in [-0.15, -0.1) is 0 Å². The van der Waals surface area contributed by atoms with E-state index in [4.69, 9.17) is 18.0 Å². The zero-order valence-electron chi connectivity index (χ0n) is 9.95. The highest BCUT2D eigenvalue weighted by Gasteiger charge is 2.29. The summed E-state index contributed by atoms with van der Waals surface area (Å²) < 4.78 is 1.82. The topological polar surface area (TPSA) is 55.9 Å². The molecule has 4 nitrogen and oxygen atoms in total. The van der Waals surface area contributed by atoms with Crippen molar-refractivity contribution in [2.45, 2.75) is 32.7 Å².